The van der Waals surface area contributed by atoms with E-state index in [1.165, 1.54) is 16.8 Å². The largest absolute Gasteiger partial charge is 0.416 e. The summed E-state index contributed by atoms with van der Waals surface area (Å²) in [5, 5.41) is 30.5. The first-order valence-electron chi connectivity index (χ1n) is 15.0. The number of aromatic nitrogens is 2. The average molecular weight is 616 g/mol. The standard InChI is InChI=1S/C32H40F3N5O4/c1-2-40-28(31(44)39(25-13-14-25)15-6-7-16-41)19-27(38-40)30(43)37-26(18-22-9-4-3-5-10-22)29(42)21-36-20-23-11-8-12-24(17-23)32(33,34)35/h3-5,8-12,17,19,25-26,29,36,41-42H,2,6-7,13-16,18,20-21H2,1H3,(H,37,43)/t26-,29+/m0/s1. The molecule has 2 amide bonds. The van der Waals surface area contributed by atoms with Crippen LogP contribution >= 0.6 is 0 Å². The Bertz CT molecular complexity index is 1380. The number of nitrogens with zero attached hydrogens (tertiary/aromatic N) is 3. The van der Waals surface area contributed by atoms with Crippen molar-refractivity contribution in [2.45, 2.75) is 76.5 Å². The number of carbonyl (C=O) groups is 2. The number of hydrogen-bond donors (Lipinski definition) is 4. The van der Waals surface area contributed by atoms with Gasteiger partial charge >= 0.3 is 6.18 Å². The quantitative estimate of drug-likeness (QED) is 0.182. The number of unbranched alkanes of at least 4 members (excludes halogenated alkanes) is 1. The van der Waals surface area contributed by atoms with Crippen LogP contribution in [-0.2, 0) is 25.7 Å². The highest BCUT2D eigenvalue weighted by atomic mass is 19.4. The van der Waals surface area contributed by atoms with E-state index in [9.17, 15) is 27.9 Å². The van der Waals surface area contributed by atoms with Crippen molar-refractivity contribution in [1.29, 1.82) is 0 Å². The molecule has 3 aromatic rings. The normalized spacial score (nSPS) is 14.7. The van der Waals surface area contributed by atoms with Crippen LogP contribution in [0.25, 0.3) is 0 Å². The molecule has 12 heteroatoms. The molecule has 0 saturated heterocycles. The number of aliphatic hydroxyl groups is 2. The van der Waals surface area contributed by atoms with Crippen molar-refractivity contribution >= 4 is 11.8 Å². The number of carbonyl (C=O) groups excluding carboxylic acids is 2. The fourth-order valence-electron chi connectivity index (χ4n) is 5.08. The van der Waals surface area contributed by atoms with Crippen LogP contribution in [0.1, 0.15) is 70.3 Å². The lowest BCUT2D eigenvalue weighted by molar-refractivity contribution is -0.137. The number of nitrogens with one attached hydrogen (secondary N) is 2. The molecule has 0 bridgehead atoms. The van der Waals surface area contributed by atoms with Gasteiger partial charge in [0, 0.05) is 44.9 Å². The van der Waals surface area contributed by atoms with E-state index in [0.29, 0.717) is 43.6 Å². The molecule has 4 rings (SSSR count). The monoisotopic (exact) mass is 615 g/mol. The predicted molar refractivity (Wildman–Crippen MR) is 159 cm³/mol. The Morgan fingerprint density at radius 3 is 2.45 bits per heavy atom. The molecule has 0 radical (unpaired) electrons. The minimum absolute atomic E-state index is 0.00531. The van der Waals surface area contributed by atoms with E-state index in [2.05, 4.69) is 15.7 Å². The Hall–Kier alpha value is -3.74. The zero-order valence-electron chi connectivity index (χ0n) is 24.8. The Morgan fingerprint density at radius 2 is 1.80 bits per heavy atom. The first-order valence-corrected chi connectivity index (χ1v) is 15.0. The van der Waals surface area contributed by atoms with Gasteiger partial charge in [0.15, 0.2) is 5.69 Å². The molecule has 1 fully saturated rings. The SMILES string of the molecule is CCn1nc(C(=O)N[C@@H](Cc2ccccc2)[C@H](O)CNCc2cccc(C(F)(F)F)c2)cc1C(=O)N(CCCCO)C1CC1. The lowest BCUT2D eigenvalue weighted by Gasteiger charge is -2.24. The predicted octanol–water partition coefficient (Wildman–Crippen LogP) is 3.79. The Balaban J connectivity index is 1.45. The minimum Gasteiger partial charge on any atom is -0.396 e. The van der Waals surface area contributed by atoms with Crippen molar-refractivity contribution < 1.29 is 33.0 Å². The Kier molecular flexibility index (Phi) is 11.5. The summed E-state index contributed by atoms with van der Waals surface area (Å²) >= 11 is 0. The van der Waals surface area contributed by atoms with Crippen LogP contribution in [0, 0.1) is 0 Å². The first kappa shape index (κ1) is 33.2. The molecule has 4 N–H and O–H groups in total. The van der Waals surface area contributed by atoms with Crippen molar-refractivity contribution in [3.63, 3.8) is 0 Å². The summed E-state index contributed by atoms with van der Waals surface area (Å²) in [7, 11) is 0. The first-order chi connectivity index (χ1) is 21.1. The second kappa shape index (κ2) is 15.3. The van der Waals surface area contributed by atoms with E-state index in [1.54, 1.807) is 11.0 Å². The van der Waals surface area contributed by atoms with E-state index in [1.807, 2.05) is 37.3 Å². The summed E-state index contributed by atoms with van der Waals surface area (Å²) in [6, 6.07) is 15.1. The fourth-order valence-corrected chi connectivity index (χ4v) is 5.08. The van der Waals surface area contributed by atoms with Crippen molar-refractivity contribution in [2.24, 2.45) is 0 Å². The molecule has 1 aliphatic rings. The average Bonchev–Trinajstić information content (AvgIpc) is 3.75. The summed E-state index contributed by atoms with van der Waals surface area (Å²) in [5.41, 5.74) is 0.878. The number of hydrogen-bond acceptors (Lipinski definition) is 6. The number of halogens is 3. The van der Waals surface area contributed by atoms with Crippen molar-refractivity contribution in [2.75, 3.05) is 19.7 Å². The van der Waals surface area contributed by atoms with Gasteiger partial charge in [-0.05, 0) is 56.2 Å². The van der Waals surface area contributed by atoms with E-state index in [4.69, 9.17) is 5.11 Å². The van der Waals surface area contributed by atoms with E-state index in [0.717, 1.165) is 30.5 Å². The number of rotatable bonds is 16. The molecule has 44 heavy (non-hydrogen) atoms. The minimum atomic E-state index is -4.45. The van der Waals surface area contributed by atoms with Gasteiger partial charge in [-0.1, -0.05) is 48.5 Å². The summed E-state index contributed by atoms with van der Waals surface area (Å²) in [6.07, 6.45) is -2.15. The van der Waals surface area contributed by atoms with Gasteiger partial charge in [-0.3, -0.25) is 14.3 Å². The summed E-state index contributed by atoms with van der Waals surface area (Å²) < 4.78 is 40.8. The van der Waals surface area contributed by atoms with Crippen molar-refractivity contribution in [3.05, 3.63) is 88.7 Å². The zero-order chi connectivity index (χ0) is 31.7. The van der Waals surface area contributed by atoms with E-state index in [-0.39, 0.29) is 37.3 Å². The van der Waals surface area contributed by atoms with Crippen LogP contribution in [0.15, 0.2) is 60.7 Å². The second-order valence-electron chi connectivity index (χ2n) is 11.1. The van der Waals surface area contributed by atoms with Crippen LogP contribution in [-0.4, -0.2) is 74.6 Å². The lowest BCUT2D eigenvalue weighted by atomic mass is 10.0. The smallest absolute Gasteiger partial charge is 0.396 e. The molecule has 2 aromatic carbocycles. The van der Waals surface area contributed by atoms with Gasteiger partial charge in [-0.25, -0.2) is 0 Å². The van der Waals surface area contributed by atoms with Crippen molar-refractivity contribution in [3.8, 4) is 0 Å². The van der Waals surface area contributed by atoms with Gasteiger partial charge in [0.05, 0.1) is 17.7 Å². The molecular weight excluding hydrogens is 575 g/mol. The third-order valence-electron chi connectivity index (χ3n) is 7.60. The van der Waals surface area contributed by atoms with Crippen LogP contribution in [0.5, 0.6) is 0 Å². The molecule has 0 aliphatic heterocycles. The maximum Gasteiger partial charge on any atom is 0.416 e. The number of benzene rings is 2. The van der Waals surface area contributed by atoms with Crippen LogP contribution in [0.2, 0.25) is 0 Å². The fraction of sp³-hybridized carbons (Fsp3) is 0.469. The molecule has 9 nitrogen and oxygen atoms in total. The molecule has 1 heterocycles. The maximum absolute atomic E-state index is 13.5. The van der Waals surface area contributed by atoms with E-state index >= 15 is 0 Å². The molecule has 0 spiro atoms. The number of amides is 2. The van der Waals surface area contributed by atoms with Crippen LogP contribution < -0.4 is 10.6 Å². The molecular formula is C32H40F3N5O4. The molecule has 2 atom stereocenters. The van der Waals surface area contributed by atoms with Gasteiger partial charge in [0.25, 0.3) is 11.8 Å². The second-order valence-corrected chi connectivity index (χ2v) is 11.1. The van der Waals surface area contributed by atoms with Crippen LogP contribution in [0.3, 0.4) is 0 Å². The number of aryl methyl sites for hydroxylation is 1. The van der Waals surface area contributed by atoms with E-state index < -0.39 is 29.8 Å². The Morgan fingerprint density at radius 1 is 1.07 bits per heavy atom. The third kappa shape index (κ3) is 9.13. The van der Waals surface area contributed by atoms with Gasteiger partial charge in [-0.15, -0.1) is 0 Å². The summed E-state index contributed by atoms with van der Waals surface area (Å²) in [5.74, 6) is -0.763. The number of aliphatic hydroxyl groups excluding tert-OH is 2. The van der Waals surface area contributed by atoms with Gasteiger partial charge < -0.3 is 25.7 Å². The summed E-state index contributed by atoms with van der Waals surface area (Å²) in [6.45, 7) is 2.87. The topological polar surface area (TPSA) is 120 Å². The highest BCUT2D eigenvalue weighted by Crippen LogP contribution is 2.30. The highest BCUT2D eigenvalue weighted by molar-refractivity contribution is 5.98. The van der Waals surface area contributed by atoms with Gasteiger partial charge in [-0.2, -0.15) is 18.3 Å². The third-order valence-corrected chi connectivity index (χ3v) is 7.60. The maximum atomic E-state index is 13.5. The van der Waals surface area contributed by atoms with Gasteiger partial charge in [0.1, 0.15) is 5.69 Å². The van der Waals surface area contributed by atoms with Crippen LogP contribution in [0.4, 0.5) is 13.2 Å². The lowest BCUT2D eigenvalue weighted by Crippen LogP contribution is -2.48. The summed E-state index contributed by atoms with van der Waals surface area (Å²) in [4.78, 5) is 28.7. The molecule has 1 saturated carbocycles. The number of alkyl halides is 3. The molecule has 1 aromatic heterocycles. The van der Waals surface area contributed by atoms with Gasteiger partial charge in [0.2, 0.25) is 0 Å². The molecule has 238 valence electrons. The molecule has 1 aliphatic carbocycles. The molecule has 0 unspecified atom stereocenters. The zero-order valence-corrected chi connectivity index (χ0v) is 24.8. The van der Waals surface area contributed by atoms with Crippen molar-refractivity contribution in [1.82, 2.24) is 25.3 Å². The Labute approximate surface area is 255 Å². The highest BCUT2D eigenvalue weighted by Gasteiger charge is 2.35.